The molecule has 0 amide bonds. The first kappa shape index (κ1) is 14.3. The van der Waals surface area contributed by atoms with Crippen LogP contribution in [0.1, 0.15) is 42.0 Å². The Hall–Kier alpha value is -2.34. The van der Waals surface area contributed by atoms with Crippen molar-refractivity contribution < 1.29 is 0 Å². The largest absolute Gasteiger partial charge is 0.0654 e. The van der Waals surface area contributed by atoms with Gasteiger partial charge in [0, 0.05) is 6.42 Å². The highest BCUT2D eigenvalue weighted by atomic mass is 14.2. The first-order chi connectivity index (χ1) is 11.4. The van der Waals surface area contributed by atoms with Crippen molar-refractivity contribution in [2.75, 3.05) is 0 Å². The molecule has 0 atom stereocenters. The SMILES string of the molecule is CCCCc1ccc(C2=Cc3ccccc3[CH]2)c2ccccc12. The zero-order chi connectivity index (χ0) is 15.6. The Balaban J connectivity index is 1.81. The third-order valence-corrected chi connectivity index (χ3v) is 4.74. The molecule has 1 aliphatic rings. The molecule has 1 aliphatic carbocycles. The van der Waals surface area contributed by atoms with E-state index in [0.29, 0.717) is 0 Å². The molecule has 0 bridgehead atoms. The van der Waals surface area contributed by atoms with Crippen LogP contribution in [-0.2, 0) is 6.42 Å². The molecule has 113 valence electrons. The van der Waals surface area contributed by atoms with Crippen LogP contribution >= 0.6 is 0 Å². The molecule has 0 fully saturated rings. The van der Waals surface area contributed by atoms with E-state index in [-0.39, 0.29) is 0 Å². The van der Waals surface area contributed by atoms with Crippen molar-refractivity contribution in [3.8, 4) is 0 Å². The highest BCUT2D eigenvalue weighted by Crippen LogP contribution is 2.37. The number of allylic oxidation sites excluding steroid dienone is 1. The topological polar surface area (TPSA) is 0 Å². The first-order valence-corrected chi connectivity index (χ1v) is 8.53. The minimum atomic E-state index is 1.17. The van der Waals surface area contributed by atoms with Gasteiger partial charge in [0.25, 0.3) is 0 Å². The summed E-state index contributed by atoms with van der Waals surface area (Å²) in [6.45, 7) is 2.26. The summed E-state index contributed by atoms with van der Waals surface area (Å²) in [4.78, 5) is 0. The summed E-state index contributed by atoms with van der Waals surface area (Å²) in [6.07, 6.45) is 8.28. The highest BCUT2D eigenvalue weighted by molar-refractivity contribution is 6.04. The number of fused-ring (bicyclic) bond motifs is 2. The van der Waals surface area contributed by atoms with E-state index in [0.717, 1.165) is 0 Å². The fourth-order valence-corrected chi connectivity index (χ4v) is 3.50. The van der Waals surface area contributed by atoms with Gasteiger partial charge in [-0.05, 0) is 51.4 Å². The maximum atomic E-state index is 2.32. The fraction of sp³-hybridized carbons (Fsp3) is 0.174. The second-order valence-corrected chi connectivity index (χ2v) is 6.29. The lowest BCUT2D eigenvalue weighted by Crippen LogP contribution is -1.92. The van der Waals surface area contributed by atoms with E-state index in [1.54, 1.807) is 0 Å². The van der Waals surface area contributed by atoms with Crippen molar-refractivity contribution in [3.05, 3.63) is 89.3 Å². The standard InChI is InChI=1S/C23H21/c1-2-3-8-17-13-14-22(23-12-7-6-11-21(17)23)20-15-18-9-4-5-10-19(18)16-20/h4-7,9-16H,2-3,8H2,1H3. The summed E-state index contributed by atoms with van der Waals surface area (Å²) in [5.41, 5.74) is 6.78. The van der Waals surface area contributed by atoms with Crippen LogP contribution in [-0.4, -0.2) is 0 Å². The van der Waals surface area contributed by atoms with Crippen molar-refractivity contribution in [3.63, 3.8) is 0 Å². The van der Waals surface area contributed by atoms with Gasteiger partial charge in [0.05, 0.1) is 0 Å². The van der Waals surface area contributed by atoms with Gasteiger partial charge in [0.2, 0.25) is 0 Å². The second-order valence-electron chi connectivity index (χ2n) is 6.29. The van der Waals surface area contributed by atoms with E-state index < -0.39 is 0 Å². The Morgan fingerprint density at radius 3 is 2.26 bits per heavy atom. The third-order valence-electron chi connectivity index (χ3n) is 4.74. The molecule has 0 unspecified atom stereocenters. The van der Waals surface area contributed by atoms with E-state index >= 15 is 0 Å². The smallest absolute Gasteiger partial charge is 0.0211 e. The van der Waals surface area contributed by atoms with E-state index in [1.165, 1.54) is 57.9 Å². The molecule has 0 aromatic heterocycles. The van der Waals surface area contributed by atoms with Gasteiger partial charge in [-0.2, -0.15) is 0 Å². The number of hydrogen-bond donors (Lipinski definition) is 0. The van der Waals surface area contributed by atoms with Crippen molar-refractivity contribution in [2.24, 2.45) is 0 Å². The molecule has 3 aromatic carbocycles. The summed E-state index contributed by atoms with van der Waals surface area (Å²) in [7, 11) is 0. The summed E-state index contributed by atoms with van der Waals surface area (Å²) < 4.78 is 0. The zero-order valence-corrected chi connectivity index (χ0v) is 13.5. The number of benzene rings is 3. The maximum Gasteiger partial charge on any atom is 0.0211 e. The number of rotatable bonds is 4. The first-order valence-electron chi connectivity index (χ1n) is 8.53. The fourth-order valence-electron chi connectivity index (χ4n) is 3.50. The molecular weight excluding hydrogens is 276 g/mol. The van der Waals surface area contributed by atoms with E-state index in [1.807, 2.05) is 0 Å². The van der Waals surface area contributed by atoms with E-state index in [4.69, 9.17) is 0 Å². The lowest BCUT2D eigenvalue weighted by Gasteiger charge is -2.12. The number of aryl methyl sites for hydroxylation is 1. The minimum absolute atomic E-state index is 1.17. The number of hydrogen-bond acceptors (Lipinski definition) is 0. The lowest BCUT2D eigenvalue weighted by atomic mass is 9.92. The monoisotopic (exact) mass is 297 g/mol. The minimum Gasteiger partial charge on any atom is -0.0654 e. The molecule has 0 N–H and O–H groups in total. The molecule has 23 heavy (non-hydrogen) atoms. The van der Waals surface area contributed by atoms with Gasteiger partial charge in [-0.1, -0.05) is 80.1 Å². The molecule has 0 nitrogen and oxygen atoms in total. The zero-order valence-electron chi connectivity index (χ0n) is 13.5. The molecule has 0 heterocycles. The quantitative estimate of drug-likeness (QED) is 0.531. The van der Waals surface area contributed by atoms with Crippen LogP contribution in [0, 0.1) is 6.42 Å². The normalized spacial score (nSPS) is 13.2. The summed E-state index contributed by atoms with van der Waals surface area (Å²) >= 11 is 0. The van der Waals surface area contributed by atoms with Crippen LogP contribution < -0.4 is 0 Å². The van der Waals surface area contributed by atoms with Crippen LogP contribution in [0.25, 0.3) is 22.4 Å². The third kappa shape index (κ3) is 2.59. The van der Waals surface area contributed by atoms with Crippen LogP contribution in [0.2, 0.25) is 0 Å². The Morgan fingerprint density at radius 2 is 1.48 bits per heavy atom. The van der Waals surface area contributed by atoms with Crippen LogP contribution in [0.3, 0.4) is 0 Å². The van der Waals surface area contributed by atoms with Gasteiger partial charge in [-0.25, -0.2) is 0 Å². The predicted octanol–water partition coefficient (Wildman–Crippen LogP) is 6.29. The van der Waals surface area contributed by atoms with E-state index in [9.17, 15) is 0 Å². The molecule has 1 radical (unpaired) electrons. The van der Waals surface area contributed by atoms with Crippen molar-refractivity contribution in [1.29, 1.82) is 0 Å². The molecule has 0 spiro atoms. The van der Waals surface area contributed by atoms with Gasteiger partial charge in [0.15, 0.2) is 0 Å². The van der Waals surface area contributed by atoms with Gasteiger partial charge in [0.1, 0.15) is 0 Å². The van der Waals surface area contributed by atoms with Gasteiger partial charge in [-0.3, -0.25) is 0 Å². The Morgan fingerprint density at radius 1 is 0.739 bits per heavy atom. The van der Waals surface area contributed by atoms with E-state index in [2.05, 4.69) is 80.1 Å². The predicted molar refractivity (Wildman–Crippen MR) is 100 cm³/mol. The molecule has 3 aromatic rings. The summed E-state index contributed by atoms with van der Waals surface area (Å²) in [5.74, 6) is 0. The van der Waals surface area contributed by atoms with Crippen LogP contribution in [0.5, 0.6) is 0 Å². The maximum absolute atomic E-state index is 2.32. The molecule has 4 rings (SSSR count). The second kappa shape index (κ2) is 6.04. The number of unbranched alkanes of at least 4 members (excludes halogenated alkanes) is 1. The Bertz CT molecular complexity index is 883. The van der Waals surface area contributed by atoms with Crippen LogP contribution in [0.15, 0.2) is 60.7 Å². The molecule has 0 saturated carbocycles. The average Bonchev–Trinajstić information content (AvgIpc) is 3.03. The highest BCUT2D eigenvalue weighted by Gasteiger charge is 2.16. The lowest BCUT2D eigenvalue weighted by molar-refractivity contribution is 0.799. The Labute approximate surface area is 138 Å². The molecular formula is C23H21. The van der Waals surface area contributed by atoms with Gasteiger partial charge < -0.3 is 0 Å². The van der Waals surface area contributed by atoms with Gasteiger partial charge >= 0.3 is 0 Å². The van der Waals surface area contributed by atoms with Crippen molar-refractivity contribution in [1.82, 2.24) is 0 Å². The molecule has 0 heteroatoms. The van der Waals surface area contributed by atoms with Crippen molar-refractivity contribution in [2.45, 2.75) is 26.2 Å². The van der Waals surface area contributed by atoms with Crippen molar-refractivity contribution >= 4 is 22.4 Å². The molecule has 0 aliphatic heterocycles. The van der Waals surface area contributed by atoms with Crippen LogP contribution in [0.4, 0.5) is 0 Å². The average molecular weight is 297 g/mol. The van der Waals surface area contributed by atoms with Gasteiger partial charge in [-0.15, -0.1) is 0 Å². The summed E-state index contributed by atoms with van der Waals surface area (Å²) in [5, 5.41) is 2.78. The summed E-state index contributed by atoms with van der Waals surface area (Å²) in [6, 6.07) is 22.1. The Kier molecular flexibility index (Phi) is 3.75. The molecule has 0 saturated heterocycles.